The number of carbonyl (C=O) groups excluding carboxylic acids is 1. The third kappa shape index (κ3) is 3.73. The Morgan fingerprint density at radius 1 is 1.15 bits per heavy atom. The zero-order chi connectivity index (χ0) is 19.3. The van der Waals surface area contributed by atoms with E-state index in [1.165, 1.54) is 6.42 Å². The second kappa shape index (κ2) is 6.60. The van der Waals surface area contributed by atoms with Gasteiger partial charge in [0.1, 0.15) is 0 Å². The summed E-state index contributed by atoms with van der Waals surface area (Å²) in [6.07, 6.45) is -1.99. The van der Waals surface area contributed by atoms with E-state index < -0.39 is 12.1 Å². The van der Waals surface area contributed by atoms with Gasteiger partial charge in [-0.05, 0) is 68.6 Å². The maximum Gasteiger partial charge on any atom is 0.391 e. The monoisotopic (exact) mass is 381 g/mol. The SMILES string of the molecule is Cc1cc(N2CC3CC3C2)c(C(=O)NC2CCC(C(F)(F)F)CC2)cc1N. The van der Waals surface area contributed by atoms with Crippen LogP contribution in [0.2, 0.25) is 0 Å². The summed E-state index contributed by atoms with van der Waals surface area (Å²) in [5.74, 6) is -0.00637. The zero-order valence-electron chi connectivity index (χ0n) is 15.5. The second-order valence-corrected chi connectivity index (χ2v) is 8.45. The van der Waals surface area contributed by atoms with Crippen LogP contribution in [0.3, 0.4) is 0 Å². The van der Waals surface area contributed by atoms with Crippen molar-refractivity contribution >= 4 is 17.3 Å². The molecule has 4 nitrogen and oxygen atoms in total. The molecule has 0 bridgehead atoms. The van der Waals surface area contributed by atoms with E-state index in [0.29, 0.717) is 24.1 Å². The Kier molecular flexibility index (Phi) is 4.51. The van der Waals surface area contributed by atoms with Crippen molar-refractivity contribution in [3.8, 4) is 0 Å². The fourth-order valence-corrected chi connectivity index (χ4v) is 4.58. The van der Waals surface area contributed by atoms with E-state index in [1.54, 1.807) is 6.07 Å². The Morgan fingerprint density at radius 3 is 2.37 bits per heavy atom. The average Bonchev–Trinajstić information content (AvgIpc) is 3.22. The van der Waals surface area contributed by atoms with E-state index in [-0.39, 0.29) is 24.8 Å². The number of halogens is 3. The smallest absolute Gasteiger partial charge is 0.391 e. The number of amides is 1. The van der Waals surface area contributed by atoms with Crippen LogP contribution in [0, 0.1) is 24.7 Å². The number of nitrogen functional groups attached to an aromatic ring is 1. The third-order valence-electron chi connectivity index (χ3n) is 6.47. The van der Waals surface area contributed by atoms with Crippen LogP contribution in [-0.4, -0.2) is 31.2 Å². The summed E-state index contributed by atoms with van der Waals surface area (Å²) in [4.78, 5) is 15.2. The number of aryl methyl sites for hydroxylation is 1. The Balaban J connectivity index is 1.46. The van der Waals surface area contributed by atoms with Gasteiger partial charge in [-0.15, -0.1) is 0 Å². The molecule has 27 heavy (non-hydrogen) atoms. The number of rotatable bonds is 3. The highest BCUT2D eigenvalue weighted by atomic mass is 19.4. The molecule has 1 aliphatic heterocycles. The normalized spacial score (nSPS) is 30.1. The van der Waals surface area contributed by atoms with Gasteiger partial charge in [0.25, 0.3) is 5.91 Å². The Labute approximate surface area is 157 Å². The topological polar surface area (TPSA) is 58.4 Å². The minimum atomic E-state index is -4.13. The number of nitrogens with two attached hydrogens (primary N) is 1. The molecule has 7 heteroatoms. The molecule has 2 atom stereocenters. The summed E-state index contributed by atoms with van der Waals surface area (Å²) in [6, 6.07) is 3.47. The van der Waals surface area contributed by atoms with Gasteiger partial charge in [0.2, 0.25) is 0 Å². The second-order valence-electron chi connectivity index (χ2n) is 8.45. The average molecular weight is 381 g/mol. The van der Waals surface area contributed by atoms with Crippen molar-refractivity contribution in [2.75, 3.05) is 23.7 Å². The van der Waals surface area contributed by atoms with Gasteiger partial charge in [0.15, 0.2) is 0 Å². The molecule has 1 aromatic rings. The lowest BCUT2D eigenvalue weighted by molar-refractivity contribution is -0.182. The van der Waals surface area contributed by atoms with E-state index >= 15 is 0 Å². The molecule has 2 saturated carbocycles. The maximum absolute atomic E-state index is 12.9. The van der Waals surface area contributed by atoms with Gasteiger partial charge in [-0.25, -0.2) is 0 Å². The quantitative estimate of drug-likeness (QED) is 0.781. The maximum atomic E-state index is 12.9. The molecule has 3 aliphatic rings. The molecule has 1 saturated heterocycles. The molecule has 148 valence electrons. The van der Waals surface area contributed by atoms with E-state index in [1.807, 2.05) is 13.0 Å². The van der Waals surface area contributed by atoms with Gasteiger partial charge >= 0.3 is 6.18 Å². The van der Waals surface area contributed by atoms with Crippen molar-refractivity contribution in [3.63, 3.8) is 0 Å². The highest BCUT2D eigenvalue weighted by Gasteiger charge is 2.46. The first kappa shape index (κ1) is 18.4. The molecule has 1 amide bonds. The fraction of sp³-hybridized carbons (Fsp3) is 0.650. The number of piperidine rings is 1. The largest absolute Gasteiger partial charge is 0.398 e. The van der Waals surface area contributed by atoms with Crippen molar-refractivity contribution in [2.45, 2.75) is 51.2 Å². The number of nitrogens with one attached hydrogen (secondary N) is 1. The molecule has 1 aromatic carbocycles. The summed E-state index contributed by atoms with van der Waals surface area (Å²) < 4.78 is 38.5. The van der Waals surface area contributed by atoms with Gasteiger partial charge in [0.05, 0.1) is 11.5 Å². The van der Waals surface area contributed by atoms with Gasteiger partial charge in [-0.1, -0.05) is 0 Å². The number of benzene rings is 1. The fourth-order valence-electron chi connectivity index (χ4n) is 4.58. The Morgan fingerprint density at radius 2 is 1.78 bits per heavy atom. The number of hydrogen-bond acceptors (Lipinski definition) is 3. The van der Waals surface area contributed by atoms with Gasteiger partial charge in [0, 0.05) is 30.5 Å². The summed E-state index contributed by atoms with van der Waals surface area (Å²) in [6.45, 7) is 3.85. The van der Waals surface area contributed by atoms with Crippen LogP contribution in [0.1, 0.15) is 48.0 Å². The molecule has 4 rings (SSSR count). The first-order valence-corrected chi connectivity index (χ1v) is 9.75. The zero-order valence-corrected chi connectivity index (χ0v) is 15.5. The summed E-state index contributed by atoms with van der Waals surface area (Å²) >= 11 is 0. The van der Waals surface area contributed by atoms with Gasteiger partial charge in [-0.2, -0.15) is 13.2 Å². The van der Waals surface area contributed by atoms with Crippen LogP contribution in [0.15, 0.2) is 12.1 Å². The molecule has 2 aliphatic carbocycles. The first-order valence-electron chi connectivity index (χ1n) is 9.75. The number of fused-ring (bicyclic) bond motifs is 1. The van der Waals surface area contributed by atoms with Crippen molar-refractivity contribution in [3.05, 3.63) is 23.3 Å². The molecule has 1 heterocycles. The predicted octanol–water partition coefficient (Wildman–Crippen LogP) is 3.88. The van der Waals surface area contributed by atoms with E-state index in [2.05, 4.69) is 10.2 Å². The van der Waals surface area contributed by atoms with Crippen LogP contribution < -0.4 is 16.0 Å². The number of hydrogen-bond donors (Lipinski definition) is 2. The number of nitrogens with zero attached hydrogens (tertiary/aromatic N) is 1. The van der Waals surface area contributed by atoms with E-state index in [9.17, 15) is 18.0 Å². The molecule has 2 unspecified atom stereocenters. The van der Waals surface area contributed by atoms with Crippen LogP contribution in [-0.2, 0) is 0 Å². The number of alkyl halides is 3. The number of anilines is 2. The predicted molar refractivity (Wildman–Crippen MR) is 98.7 cm³/mol. The molecule has 0 radical (unpaired) electrons. The standard InChI is InChI=1S/C20H26F3N3O/c1-11-6-18(26-9-12-7-13(12)10-26)16(8-17(11)24)19(27)25-15-4-2-14(3-5-15)20(21,22)23/h6,8,12-15H,2-5,7,9-10,24H2,1H3,(H,25,27). The van der Waals surface area contributed by atoms with Crippen molar-refractivity contribution in [2.24, 2.45) is 17.8 Å². The van der Waals surface area contributed by atoms with Crippen molar-refractivity contribution in [1.29, 1.82) is 0 Å². The lowest BCUT2D eigenvalue weighted by Crippen LogP contribution is -2.40. The summed E-state index contributed by atoms with van der Waals surface area (Å²) in [7, 11) is 0. The molecular formula is C20H26F3N3O. The van der Waals surface area contributed by atoms with E-state index in [4.69, 9.17) is 5.73 Å². The minimum Gasteiger partial charge on any atom is -0.398 e. The van der Waals surface area contributed by atoms with Crippen molar-refractivity contribution < 1.29 is 18.0 Å². The molecule has 3 fully saturated rings. The molecule has 0 spiro atoms. The van der Waals surface area contributed by atoms with E-state index in [0.717, 1.165) is 36.2 Å². The third-order valence-corrected chi connectivity index (χ3v) is 6.47. The van der Waals surface area contributed by atoms with Crippen molar-refractivity contribution in [1.82, 2.24) is 5.32 Å². The van der Waals surface area contributed by atoms with Crippen LogP contribution in [0.5, 0.6) is 0 Å². The van der Waals surface area contributed by atoms with Gasteiger partial charge < -0.3 is 16.0 Å². The Hall–Kier alpha value is -1.92. The Bertz CT molecular complexity index is 731. The highest BCUT2D eigenvalue weighted by molar-refractivity contribution is 6.01. The summed E-state index contributed by atoms with van der Waals surface area (Å²) in [5, 5.41) is 2.95. The van der Waals surface area contributed by atoms with Crippen LogP contribution in [0.25, 0.3) is 0 Å². The van der Waals surface area contributed by atoms with Gasteiger partial charge in [-0.3, -0.25) is 4.79 Å². The van der Waals surface area contributed by atoms with Crippen LogP contribution in [0.4, 0.5) is 24.5 Å². The molecular weight excluding hydrogens is 355 g/mol. The summed E-state index contributed by atoms with van der Waals surface area (Å²) in [5.41, 5.74) is 8.98. The number of carbonyl (C=O) groups is 1. The lowest BCUT2D eigenvalue weighted by Gasteiger charge is -2.31. The molecule has 3 N–H and O–H groups in total. The first-order chi connectivity index (χ1) is 12.7. The van der Waals surface area contributed by atoms with Crippen LogP contribution >= 0.6 is 0 Å². The highest BCUT2D eigenvalue weighted by Crippen LogP contribution is 2.47. The lowest BCUT2D eigenvalue weighted by atomic mass is 9.85. The minimum absolute atomic E-state index is 0.0762. The molecule has 0 aromatic heterocycles.